The molecule has 0 bridgehead atoms. The van der Waals surface area contributed by atoms with Gasteiger partial charge in [-0.15, -0.1) is 0 Å². The molecule has 2 N–H and O–H groups in total. The van der Waals surface area contributed by atoms with E-state index < -0.39 is 11.6 Å². The summed E-state index contributed by atoms with van der Waals surface area (Å²) in [5, 5.41) is 9.99. The largest absolute Gasteiger partial charge is 0.366 e. The summed E-state index contributed by atoms with van der Waals surface area (Å²) in [5.41, 5.74) is 0.924. The van der Waals surface area contributed by atoms with Crippen LogP contribution in [0.5, 0.6) is 0 Å². The number of rotatable bonds is 7. The number of halogens is 2. The number of aryl methyl sites for hydroxylation is 1. The van der Waals surface area contributed by atoms with E-state index in [2.05, 4.69) is 25.7 Å². The molecule has 0 unspecified atom stereocenters. The Kier molecular flexibility index (Phi) is 6.01. The molecule has 3 aromatic rings. The maximum atomic E-state index is 14.1. The predicted octanol–water partition coefficient (Wildman–Crippen LogP) is 2.70. The van der Waals surface area contributed by atoms with Crippen molar-refractivity contribution in [2.45, 2.75) is 20.0 Å². The van der Waals surface area contributed by atoms with Gasteiger partial charge in [0.25, 0.3) is 0 Å². The maximum absolute atomic E-state index is 14.1. The molecular weight excluding hydrogens is 380 g/mol. The number of nitrogens with one attached hydrogen (secondary N) is 2. The van der Waals surface area contributed by atoms with Crippen LogP contribution in [0.1, 0.15) is 11.1 Å². The number of carbonyl (C=O) groups is 1. The van der Waals surface area contributed by atoms with Crippen molar-refractivity contribution < 1.29 is 13.6 Å². The number of carbonyl (C=O) groups excluding carboxylic acids is 1. The number of anilines is 3. The topological polar surface area (TPSA) is 88.0 Å². The van der Waals surface area contributed by atoms with Crippen LogP contribution in [-0.4, -0.2) is 44.7 Å². The lowest BCUT2D eigenvalue weighted by Crippen LogP contribution is -2.26. The summed E-state index contributed by atoms with van der Waals surface area (Å²) in [6.07, 6.45) is 4.72. The van der Waals surface area contributed by atoms with Gasteiger partial charge in [-0.25, -0.2) is 13.8 Å². The van der Waals surface area contributed by atoms with Crippen LogP contribution in [0.3, 0.4) is 0 Å². The number of benzene rings is 1. The maximum Gasteiger partial charge on any atom is 0.243 e. The Morgan fingerprint density at radius 3 is 2.79 bits per heavy atom. The van der Waals surface area contributed by atoms with Crippen LogP contribution in [0, 0.1) is 18.6 Å². The van der Waals surface area contributed by atoms with Gasteiger partial charge in [0.2, 0.25) is 11.9 Å². The van der Waals surface area contributed by atoms with E-state index in [1.54, 1.807) is 39.5 Å². The number of hydrogen-bond donors (Lipinski definition) is 2. The Morgan fingerprint density at radius 2 is 2.03 bits per heavy atom. The van der Waals surface area contributed by atoms with Gasteiger partial charge in [0.1, 0.15) is 24.0 Å². The van der Waals surface area contributed by atoms with Crippen molar-refractivity contribution in [2.75, 3.05) is 24.7 Å². The van der Waals surface area contributed by atoms with Crippen LogP contribution in [0.4, 0.5) is 26.2 Å². The van der Waals surface area contributed by atoms with Crippen molar-refractivity contribution in [2.24, 2.45) is 0 Å². The van der Waals surface area contributed by atoms with Gasteiger partial charge in [0.05, 0.1) is 11.9 Å². The van der Waals surface area contributed by atoms with E-state index >= 15 is 0 Å². The average Bonchev–Trinajstić information content (AvgIpc) is 3.12. The first kappa shape index (κ1) is 20.2. The second-order valence-electron chi connectivity index (χ2n) is 6.62. The second-order valence-corrected chi connectivity index (χ2v) is 6.62. The van der Waals surface area contributed by atoms with E-state index in [4.69, 9.17) is 0 Å². The molecule has 8 nitrogen and oxygen atoms in total. The van der Waals surface area contributed by atoms with Crippen molar-refractivity contribution in [1.82, 2.24) is 24.6 Å². The molecule has 3 rings (SSSR count). The lowest BCUT2D eigenvalue weighted by atomic mass is 10.1. The summed E-state index contributed by atoms with van der Waals surface area (Å²) in [5.74, 6) is -0.605. The van der Waals surface area contributed by atoms with E-state index in [-0.39, 0.29) is 30.5 Å². The highest BCUT2D eigenvalue weighted by Gasteiger charge is 2.12. The third-order valence-electron chi connectivity index (χ3n) is 4.17. The molecule has 0 aliphatic rings. The monoisotopic (exact) mass is 401 g/mol. The zero-order valence-corrected chi connectivity index (χ0v) is 16.3. The van der Waals surface area contributed by atoms with Gasteiger partial charge in [-0.2, -0.15) is 10.1 Å². The Hall–Kier alpha value is -3.56. The van der Waals surface area contributed by atoms with Crippen molar-refractivity contribution in [3.05, 3.63) is 59.6 Å². The number of amides is 1. The van der Waals surface area contributed by atoms with Gasteiger partial charge in [-0.3, -0.25) is 9.48 Å². The molecule has 0 radical (unpaired) electrons. The molecule has 0 saturated carbocycles. The minimum Gasteiger partial charge on any atom is -0.366 e. The molecule has 0 fully saturated rings. The fourth-order valence-corrected chi connectivity index (χ4v) is 2.50. The molecule has 2 aromatic heterocycles. The zero-order valence-electron chi connectivity index (χ0n) is 16.3. The lowest BCUT2D eigenvalue weighted by Gasteiger charge is -2.10. The molecule has 0 aliphatic carbocycles. The third kappa shape index (κ3) is 5.03. The number of aromatic nitrogens is 4. The number of likely N-dealkylation sites (N-methyl/N-ethyl adjacent to an activating group) is 1. The summed E-state index contributed by atoms with van der Waals surface area (Å²) >= 11 is 0. The highest BCUT2D eigenvalue weighted by Crippen LogP contribution is 2.18. The molecule has 2 heterocycles. The Bertz CT molecular complexity index is 1020. The SMILES string of the molecule is Cc1ccc(F)c(CNc2ccnc(Nc3cnn(CC(=O)N(C)C)c3)n2)c1F. The van der Waals surface area contributed by atoms with Gasteiger partial charge in [-0.1, -0.05) is 6.07 Å². The molecule has 10 heteroatoms. The van der Waals surface area contributed by atoms with E-state index in [0.29, 0.717) is 17.1 Å². The van der Waals surface area contributed by atoms with Crippen molar-refractivity contribution in [1.29, 1.82) is 0 Å². The van der Waals surface area contributed by atoms with E-state index in [9.17, 15) is 13.6 Å². The van der Waals surface area contributed by atoms with E-state index in [1.807, 2.05) is 0 Å². The molecule has 29 heavy (non-hydrogen) atoms. The summed E-state index contributed by atoms with van der Waals surface area (Å²) in [7, 11) is 3.34. The standard InChI is InChI=1S/C19H21F2N7O/c1-12-4-5-15(20)14(18(12)21)9-23-16-6-7-22-19(26-16)25-13-8-24-28(10-13)11-17(29)27(2)3/h4-8,10H,9,11H2,1-3H3,(H2,22,23,25,26). The van der Waals surface area contributed by atoms with Gasteiger partial charge >= 0.3 is 0 Å². The quantitative estimate of drug-likeness (QED) is 0.633. The highest BCUT2D eigenvalue weighted by atomic mass is 19.1. The molecule has 1 aromatic carbocycles. The van der Waals surface area contributed by atoms with Crippen molar-refractivity contribution in [3.8, 4) is 0 Å². The smallest absolute Gasteiger partial charge is 0.243 e. The predicted molar refractivity (Wildman–Crippen MR) is 105 cm³/mol. The summed E-state index contributed by atoms with van der Waals surface area (Å²) in [4.78, 5) is 21.6. The van der Waals surface area contributed by atoms with Gasteiger partial charge in [-0.05, 0) is 24.6 Å². The Morgan fingerprint density at radius 1 is 1.24 bits per heavy atom. The number of hydrogen-bond acceptors (Lipinski definition) is 6. The first-order valence-corrected chi connectivity index (χ1v) is 8.83. The molecular formula is C19H21F2N7O. The van der Waals surface area contributed by atoms with Crippen LogP contribution >= 0.6 is 0 Å². The van der Waals surface area contributed by atoms with Gasteiger partial charge in [0.15, 0.2) is 0 Å². The molecule has 152 valence electrons. The molecule has 0 atom stereocenters. The summed E-state index contributed by atoms with van der Waals surface area (Å²) in [6.45, 7) is 1.64. The number of nitrogens with zero attached hydrogens (tertiary/aromatic N) is 5. The van der Waals surface area contributed by atoms with Gasteiger partial charge in [0, 0.05) is 38.6 Å². The molecule has 0 aliphatic heterocycles. The van der Waals surface area contributed by atoms with Crippen LogP contribution in [0.2, 0.25) is 0 Å². The van der Waals surface area contributed by atoms with Crippen molar-refractivity contribution >= 4 is 23.4 Å². The minimum absolute atomic E-state index is 0.0510. The van der Waals surface area contributed by atoms with Crippen LogP contribution in [0.25, 0.3) is 0 Å². The third-order valence-corrected chi connectivity index (χ3v) is 4.17. The molecule has 1 amide bonds. The Labute approximate surface area is 166 Å². The molecule has 0 spiro atoms. The fourth-order valence-electron chi connectivity index (χ4n) is 2.50. The first-order chi connectivity index (χ1) is 13.8. The zero-order chi connectivity index (χ0) is 21.0. The molecule has 0 saturated heterocycles. The van der Waals surface area contributed by atoms with Crippen molar-refractivity contribution in [3.63, 3.8) is 0 Å². The normalized spacial score (nSPS) is 10.7. The average molecular weight is 401 g/mol. The van der Waals surface area contributed by atoms with E-state index in [0.717, 1.165) is 0 Å². The van der Waals surface area contributed by atoms with Crippen LogP contribution in [-0.2, 0) is 17.9 Å². The second kappa shape index (κ2) is 8.63. The summed E-state index contributed by atoms with van der Waals surface area (Å²) < 4.78 is 29.5. The minimum atomic E-state index is -0.618. The highest BCUT2D eigenvalue weighted by molar-refractivity contribution is 5.75. The first-order valence-electron chi connectivity index (χ1n) is 8.83. The van der Waals surface area contributed by atoms with E-state index in [1.165, 1.54) is 27.9 Å². The van der Waals surface area contributed by atoms with Crippen LogP contribution < -0.4 is 10.6 Å². The van der Waals surface area contributed by atoms with Crippen LogP contribution in [0.15, 0.2) is 36.8 Å². The summed E-state index contributed by atoms with van der Waals surface area (Å²) in [6, 6.07) is 4.23. The Balaban J connectivity index is 1.65. The lowest BCUT2D eigenvalue weighted by molar-refractivity contribution is -0.129. The fraction of sp³-hybridized carbons (Fsp3) is 0.263. The van der Waals surface area contributed by atoms with Gasteiger partial charge < -0.3 is 15.5 Å².